The Morgan fingerprint density at radius 2 is 2.25 bits per heavy atom. The van der Waals surface area contributed by atoms with Gasteiger partial charge >= 0.3 is 0 Å². The molecule has 0 heterocycles. The maximum atomic E-state index is 12.9. The summed E-state index contributed by atoms with van der Waals surface area (Å²) in [5.74, 6) is 1.46. The first-order valence-electron chi connectivity index (χ1n) is 5.88. The molecule has 2 rings (SSSR count). The van der Waals surface area contributed by atoms with E-state index in [0.717, 1.165) is 0 Å². The highest BCUT2D eigenvalue weighted by molar-refractivity contribution is 5.22. The molecule has 1 atom stereocenters. The molecule has 1 saturated carbocycles. The number of ether oxygens (including phenoxy) is 1. The molecule has 88 valence electrons. The van der Waals surface area contributed by atoms with E-state index in [1.807, 2.05) is 0 Å². The first kappa shape index (κ1) is 11.4. The van der Waals surface area contributed by atoms with E-state index in [0.29, 0.717) is 30.7 Å². The van der Waals surface area contributed by atoms with Gasteiger partial charge in [-0.15, -0.1) is 0 Å². The maximum absolute atomic E-state index is 12.9. The highest BCUT2D eigenvalue weighted by Crippen LogP contribution is 2.33. The van der Waals surface area contributed by atoms with Gasteiger partial charge in [-0.05, 0) is 37.4 Å². The zero-order valence-corrected chi connectivity index (χ0v) is 9.36. The number of nitrogens with two attached hydrogens (primary N) is 1. The summed E-state index contributed by atoms with van der Waals surface area (Å²) in [5, 5.41) is 0. The van der Waals surface area contributed by atoms with Crippen LogP contribution in [0.5, 0.6) is 5.75 Å². The molecule has 0 aliphatic heterocycles. The third-order valence-electron chi connectivity index (χ3n) is 3.38. The van der Waals surface area contributed by atoms with Gasteiger partial charge in [-0.1, -0.05) is 12.5 Å². The smallest absolute Gasteiger partial charge is 0.126 e. The van der Waals surface area contributed by atoms with Gasteiger partial charge in [0.1, 0.15) is 11.6 Å². The van der Waals surface area contributed by atoms with Gasteiger partial charge in [0.15, 0.2) is 0 Å². The summed E-state index contributed by atoms with van der Waals surface area (Å²) in [5.41, 5.74) is 5.72. The van der Waals surface area contributed by atoms with Crippen LogP contribution in [-0.2, 0) is 0 Å². The summed E-state index contributed by atoms with van der Waals surface area (Å²) in [6, 6.07) is 6.26. The van der Waals surface area contributed by atoms with Crippen molar-refractivity contribution in [3.05, 3.63) is 30.1 Å². The van der Waals surface area contributed by atoms with Gasteiger partial charge in [-0.25, -0.2) is 4.39 Å². The second kappa shape index (κ2) is 5.30. The molecule has 1 aromatic rings. The van der Waals surface area contributed by atoms with Crippen LogP contribution in [0, 0.1) is 17.7 Å². The van der Waals surface area contributed by atoms with Crippen LogP contribution in [0.25, 0.3) is 0 Å². The summed E-state index contributed by atoms with van der Waals surface area (Å²) in [6.07, 6.45) is 3.82. The molecule has 0 bridgehead atoms. The minimum Gasteiger partial charge on any atom is -0.493 e. The monoisotopic (exact) mass is 223 g/mol. The molecule has 0 saturated heterocycles. The van der Waals surface area contributed by atoms with Crippen molar-refractivity contribution in [2.45, 2.75) is 19.3 Å². The van der Waals surface area contributed by atoms with E-state index < -0.39 is 0 Å². The largest absolute Gasteiger partial charge is 0.493 e. The van der Waals surface area contributed by atoms with Crippen LogP contribution in [0.1, 0.15) is 19.3 Å². The molecule has 1 aromatic carbocycles. The highest BCUT2D eigenvalue weighted by atomic mass is 19.1. The van der Waals surface area contributed by atoms with Gasteiger partial charge < -0.3 is 10.5 Å². The SMILES string of the molecule is NCC(COc1cccc(F)c1)C1CCC1. The van der Waals surface area contributed by atoms with E-state index in [4.69, 9.17) is 10.5 Å². The van der Waals surface area contributed by atoms with Gasteiger partial charge in [0.25, 0.3) is 0 Å². The van der Waals surface area contributed by atoms with Gasteiger partial charge in [0, 0.05) is 12.0 Å². The predicted octanol–water partition coefficient (Wildman–Crippen LogP) is 2.58. The lowest BCUT2D eigenvalue weighted by Crippen LogP contribution is -2.32. The van der Waals surface area contributed by atoms with Crippen LogP contribution in [0.3, 0.4) is 0 Å². The Bertz CT molecular complexity index is 338. The lowest BCUT2D eigenvalue weighted by molar-refractivity contribution is 0.141. The minimum absolute atomic E-state index is 0.259. The molecule has 0 spiro atoms. The average molecular weight is 223 g/mol. The van der Waals surface area contributed by atoms with Crippen LogP contribution < -0.4 is 10.5 Å². The Balaban J connectivity index is 1.85. The standard InChI is InChI=1S/C13H18FNO/c14-12-5-2-6-13(7-12)16-9-11(8-15)10-3-1-4-10/h2,5-7,10-11H,1,3-4,8-9,15H2. The Labute approximate surface area is 95.6 Å². The van der Waals surface area contributed by atoms with Crippen molar-refractivity contribution in [2.75, 3.05) is 13.2 Å². The van der Waals surface area contributed by atoms with Crippen molar-refractivity contribution in [2.24, 2.45) is 17.6 Å². The van der Waals surface area contributed by atoms with E-state index in [1.54, 1.807) is 12.1 Å². The van der Waals surface area contributed by atoms with Gasteiger partial charge in [0.2, 0.25) is 0 Å². The summed E-state index contributed by atoms with van der Waals surface area (Å²) < 4.78 is 18.5. The van der Waals surface area contributed by atoms with E-state index in [1.165, 1.54) is 31.4 Å². The fourth-order valence-electron chi connectivity index (χ4n) is 2.07. The summed E-state index contributed by atoms with van der Waals surface area (Å²) >= 11 is 0. The van der Waals surface area contributed by atoms with Crippen molar-refractivity contribution in [3.63, 3.8) is 0 Å². The topological polar surface area (TPSA) is 35.2 Å². The number of rotatable bonds is 5. The Hall–Kier alpha value is -1.09. The molecule has 1 aliphatic carbocycles. The summed E-state index contributed by atoms with van der Waals surface area (Å²) in [6.45, 7) is 1.25. The predicted molar refractivity (Wildman–Crippen MR) is 61.8 cm³/mol. The Kier molecular flexibility index (Phi) is 3.78. The molecule has 1 unspecified atom stereocenters. The second-order valence-corrected chi connectivity index (χ2v) is 4.46. The van der Waals surface area contributed by atoms with Crippen LogP contribution in [0.2, 0.25) is 0 Å². The van der Waals surface area contributed by atoms with Crippen LogP contribution >= 0.6 is 0 Å². The molecule has 1 aliphatic rings. The Morgan fingerprint density at radius 1 is 1.44 bits per heavy atom. The maximum Gasteiger partial charge on any atom is 0.126 e. The molecule has 0 radical (unpaired) electrons. The molecular formula is C13H18FNO. The lowest BCUT2D eigenvalue weighted by Gasteiger charge is -2.32. The van der Waals surface area contributed by atoms with E-state index in [2.05, 4.69) is 0 Å². The van der Waals surface area contributed by atoms with Crippen molar-refractivity contribution in [1.82, 2.24) is 0 Å². The molecule has 1 fully saturated rings. The Morgan fingerprint density at radius 3 is 2.81 bits per heavy atom. The number of hydrogen-bond acceptors (Lipinski definition) is 2. The van der Waals surface area contributed by atoms with E-state index in [9.17, 15) is 4.39 Å². The van der Waals surface area contributed by atoms with Crippen LogP contribution in [-0.4, -0.2) is 13.2 Å². The zero-order valence-electron chi connectivity index (χ0n) is 9.36. The summed E-state index contributed by atoms with van der Waals surface area (Å²) in [4.78, 5) is 0. The molecule has 0 aromatic heterocycles. The van der Waals surface area contributed by atoms with Gasteiger partial charge in [0.05, 0.1) is 6.61 Å². The third kappa shape index (κ3) is 2.73. The number of halogens is 1. The third-order valence-corrected chi connectivity index (χ3v) is 3.38. The van der Waals surface area contributed by atoms with Gasteiger partial charge in [-0.2, -0.15) is 0 Å². The van der Waals surface area contributed by atoms with Crippen LogP contribution in [0.4, 0.5) is 4.39 Å². The van der Waals surface area contributed by atoms with E-state index >= 15 is 0 Å². The van der Waals surface area contributed by atoms with Crippen molar-refractivity contribution < 1.29 is 9.13 Å². The second-order valence-electron chi connectivity index (χ2n) is 4.46. The van der Waals surface area contributed by atoms with E-state index in [-0.39, 0.29) is 5.82 Å². The van der Waals surface area contributed by atoms with Crippen molar-refractivity contribution in [1.29, 1.82) is 0 Å². The molecular weight excluding hydrogens is 205 g/mol. The fraction of sp³-hybridized carbons (Fsp3) is 0.538. The fourth-order valence-corrected chi connectivity index (χ4v) is 2.07. The molecule has 0 amide bonds. The summed E-state index contributed by atoms with van der Waals surface area (Å²) in [7, 11) is 0. The quantitative estimate of drug-likeness (QED) is 0.832. The first-order valence-corrected chi connectivity index (χ1v) is 5.88. The van der Waals surface area contributed by atoms with Crippen molar-refractivity contribution in [3.8, 4) is 5.75 Å². The van der Waals surface area contributed by atoms with Gasteiger partial charge in [-0.3, -0.25) is 0 Å². The first-order chi connectivity index (χ1) is 7.79. The molecule has 2 N–H and O–H groups in total. The highest BCUT2D eigenvalue weighted by Gasteiger charge is 2.26. The molecule has 2 nitrogen and oxygen atoms in total. The van der Waals surface area contributed by atoms with Crippen LogP contribution in [0.15, 0.2) is 24.3 Å². The average Bonchev–Trinajstić information content (AvgIpc) is 2.21. The molecule has 3 heteroatoms. The minimum atomic E-state index is -0.259. The van der Waals surface area contributed by atoms with Crippen molar-refractivity contribution >= 4 is 0 Å². The normalized spacial score (nSPS) is 17.9. The number of hydrogen-bond donors (Lipinski definition) is 1. The lowest BCUT2D eigenvalue weighted by atomic mass is 9.76. The zero-order chi connectivity index (χ0) is 11.4. The molecule has 16 heavy (non-hydrogen) atoms. The number of benzene rings is 1.